The first-order chi connectivity index (χ1) is 14.2. The van der Waals surface area contributed by atoms with Crippen LogP contribution >= 0.6 is 0 Å². The van der Waals surface area contributed by atoms with Gasteiger partial charge in [-0.25, -0.2) is 4.98 Å². The lowest BCUT2D eigenvalue weighted by Gasteiger charge is -2.34. The van der Waals surface area contributed by atoms with Crippen LogP contribution in [-0.2, 0) is 13.1 Å². The van der Waals surface area contributed by atoms with Gasteiger partial charge in [0.05, 0.1) is 6.54 Å². The Bertz CT molecular complexity index is 786. The van der Waals surface area contributed by atoms with Crippen LogP contribution < -0.4 is 5.32 Å². The molecule has 4 rings (SSSR count). The molecule has 0 spiro atoms. The standard InChI is InChI=1S/C22H31N5O2/c1-25-9-5-8-19(25)14-23-22(28)20-17-29-21(24-20)16-27-12-10-26(11-13-27)15-18-6-3-2-4-7-18/h2-4,6-7,17,19H,5,8-16H2,1H3,(H,23,28). The van der Waals surface area contributed by atoms with E-state index in [9.17, 15) is 4.79 Å². The molecule has 7 nitrogen and oxygen atoms in total. The van der Waals surface area contributed by atoms with Crippen LogP contribution in [-0.4, -0.2) is 77.9 Å². The number of hydrogen-bond donors (Lipinski definition) is 1. The van der Waals surface area contributed by atoms with Crippen LogP contribution in [0.1, 0.15) is 34.8 Å². The number of amides is 1. The third-order valence-electron chi connectivity index (χ3n) is 6.03. The molecule has 2 aromatic rings. The lowest BCUT2D eigenvalue weighted by Crippen LogP contribution is -2.45. The molecule has 1 unspecified atom stereocenters. The first-order valence-electron chi connectivity index (χ1n) is 10.6. The number of nitrogens with zero attached hydrogens (tertiary/aromatic N) is 4. The largest absolute Gasteiger partial charge is 0.447 e. The molecule has 0 radical (unpaired) electrons. The van der Waals surface area contributed by atoms with Gasteiger partial charge in [0.1, 0.15) is 6.26 Å². The van der Waals surface area contributed by atoms with Crippen LogP contribution in [0.3, 0.4) is 0 Å². The van der Waals surface area contributed by atoms with Gasteiger partial charge in [0.15, 0.2) is 5.69 Å². The van der Waals surface area contributed by atoms with Crippen LogP contribution in [0.5, 0.6) is 0 Å². The summed E-state index contributed by atoms with van der Waals surface area (Å²) in [5, 5.41) is 2.99. The van der Waals surface area contributed by atoms with Gasteiger partial charge in [0, 0.05) is 45.3 Å². The molecule has 7 heteroatoms. The van der Waals surface area contributed by atoms with E-state index in [4.69, 9.17) is 4.42 Å². The number of likely N-dealkylation sites (tertiary alicyclic amines) is 1. The van der Waals surface area contributed by atoms with E-state index in [0.29, 0.717) is 30.7 Å². The number of rotatable bonds is 7. The van der Waals surface area contributed by atoms with Crippen molar-refractivity contribution < 1.29 is 9.21 Å². The van der Waals surface area contributed by atoms with E-state index in [-0.39, 0.29) is 5.91 Å². The van der Waals surface area contributed by atoms with Gasteiger partial charge in [0.2, 0.25) is 5.89 Å². The van der Waals surface area contributed by atoms with Crippen LogP contribution in [0.4, 0.5) is 0 Å². The number of likely N-dealkylation sites (N-methyl/N-ethyl adjacent to an activating group) is 1. The van der Waals surface area contributed by atoms with Gasteiger partial charge in [-0.3, -0.25) is 14.6 Å². The van der Waals surface area contributed by atoms with Crippen molar-refractivity contribution in [3.05, 3.63) is 53.7 Å². The summed E-state index contributed by atoms with van der Waals surface area (Å²) >= 11 is 0. The van der Waals surface area contributed by atoms with Crippen LogP contribution in [0, 0.1) is 0 Å². The Balaban J connectivity index is 1.21. The molecule has 2 saturated heterocycles. The summed E-state index contributed by atoms with van der Waals surface area (Å²) in [5.74, 6) is 0.470. The van der Waals surface area contributed by atoms with Crippen LogP contribution in [0.2, 0.25) is 0 Å². The minimum Gasteiger partial charge on any atom is -0.447 e. The topological polar surface area (TPSA) is 64.9 Å². The van der Waals surface area contributed by atoms with E-state index < -0.39 is 0 Å². The second kappa shape index (κ2) is 9.52. The maximum Gasteiger partial charge on any atom is 0.273 e. The monoisotopic (exact) mass is 397 g/mol. The third-order valence-corrected chi connectivity index (χ3v) is 6.03. The number of hydrogen-bond acceptors (Lipinski definition) is 6. The fraction of sp³-hybridized carbons (Fsp3) is 0.545. The molecule has 1 amide bonds. The fourth-order valence-corrected chi connectivity index (χ4v) is 4.16. The van der Waals surface area contributed by atoms with Crippen molar-refractivity contribution in [2.24, 2.45) is 0 Å². The minimum absolute atomic E-state index is 0.145. The molecule has 2 aliphatic heterocycles. The van der Waals surface area contributed by atoms with Crippen molar-refractivity contribution >= 4 is 5.91 Å². The zero-order valence-corrected chi connectivity index (χ0v) is 17.2. The zero-order chi connectivity index (χ0) is 20.1. The molecule has 0 aliphatic carbocycles. The number of oxazole rings is 1. The minimum atomic E-state index is -0.145. The third kappa shape index (κ3) is 5.44. The van der Waals surface area contributed by atoms with Crippen LogP contribution in [0.25, 0.3) is 0 Å². The molecule has 0 bridgehead atoms. The summed E-state index contributed by atoms with van der Waals surface area (Å²) < 4.78 is 5.57. The Hall–Kier alpha value is -2.22. The first kappa shape index (κ1) is 20.1. The van der Waals surface area contributed by atoms with E-state index in [2.05, 4.69) is 62.4 Å². The second-order valence-corrected chi connectivity index (χ2v) is 8.15. The zero-order valence-electron chi connectivity index (χ0n) is 17.2. The van der Waals surface area contributed by atoms with E-state index in [1.165, 1.54) is 18.2 Å². The average molecular weight is 398 g/mol. The van der Waals surface area contributed by atoms with Gasteiger partial charge in [-0.05, 0) is 32.0 Å². The number of piperazine rings is 1. The number of carbonyl (C=O) groups excluding carboxylic acids is 1. The highest BCUT2D eigenvalue weighted by atomic mass is 16.3. The molecule has 156 valence electrons. The lowest BCUT2D eigenvalue weighted by atomic mass is 10.2. The van der Waals surface area contributed by atoms with E-state index in [1.54, 1.807) is 0 Å². The molecule has 1 N–H and O–H groups in total. The fourth-order valence-electron chi connectivity index (χ4n) is 4.16. The SMILES string of the molecule is CN1CCCC1CNC(=O)c1coc(CN2CCN(Cc3ccccc3)CC2)n1. The molecule has 29 heavy (non-hydrogen) atoms. The van der Waals surface area contributed by atoms with Gasteiger partial charge in [-0.2, -0.15) is 0 Å². The molecule has 1 atom stereocenters. The predicted octanol–water partition coefficient (Wildman–Crippen LogP) is 1.82. The van der Waals surface area contributed by atoms with E-state index in [1.807, 2.05) is 0 Å². The Labute approximate surface area is 172 Å². The Morgan fingerprint density at radius 2 is 1.83 bits per heavy atom. The number of benzene rings is 1. The predicted molar refractivity (Wildman–Crippen MR) is 111 cm³/mol. The number of nitrogens with one attached hydrogen (secondary N) is 1. The molecule has 2 fully saturated rings. The van der Waals surface area contributed by atoms with Gasteiger partial charge in [0.25, 0.3) is 5.91 Å². The first-order valence-corrected chi connectivity index (χ1v) is 10.6. The van der Waals surface area contributed by atoms with Crippen molar-refractivity contribution in [2.45, 2.75) is 32.0 Å². The Morgan fingerprint density at radius 3 is 2.52 bits per heavy atom. The summed E-state index contributed by atoms with van der Waals surface area (Å²) in [5.41, 5.74) is 1.73. The van der Waals surface area contributed by atoms with E-state index >= 15 is 0 Å². The van der Waals surface area contributed by atoms with Crippen LogP contribution in [0.15, 0.2) is 41.0 Å². The smallest absolute Gasteiger partial charge is 0.273 e. The summed E-state index contributed by atoms with van der Waals surface area (Å²) in [6.45, 7) is 7.42. The average Bonchev–Trinajstić information content (AvgIpc) is 3.37. The van der Waals surface area contributed by atoms with Gasteiger partial charge in [-0.1, -0.05) is 30.3 Å². The normalized spacial score (nSPS) is 21.5. The number of aromatic nitrogens is 1. The maximum atomic E-state index is 12.4. The van der Waals surface area contributed by atoms with Crippen molar-refractivity contribution in [3.63, 3.8) is 0 Å². The molecular formula is C22H31N5O2. The molecule has 0 saturated carbocycles. The quantitative estimate of drug-likeness (QED) is 0.769. The Morgan fingerprint density at radius 1 is 1.10 bits per heavy atom. The van der Waals surface area contributed by atoms with Gasteiger partial charge < -0.3 is 14.6 Å². The summed E-state index contributed by atoms with van der Waals surface area (Å²) in [6, 6.07) is 11.0. The second-order valence-electron chi connectivity index (χ2n) is 8.15. The van der Waals surface area contributed by atoms with E-state index in [0.717, 1.165) is 45.7 Å². The van der Waals surface area contributed by atoms with Crippen molar-refractivity contribution in [3.8, 4) is 0 Å². The summed E-state index contributed by atoms with van der Waals surface area (Å²) in [6.07, 6.45) is 3.82. The Kier molecular flexibility index (Phi) is 6.59. The van der Waals surface area contributed by atoms with Gasteiger partial charge in [-0.15, -0.1) is 0 Å². The number of carbonyl (C=O) groups is 1. The van der Waals surface area contributed by atoms with Crippen molar-refractivity contribution in [1.29, 1.82) is 0 Å². The molecule has 1 aromatic heterocycles. The maximum absolute atomic E-state index is 12.4. The van der Waals surface area contributed by atoms with Crippen molar-refractivity contribution in [2.75, 3.05) is 46.3 Å². The summed E-state index contributed by atoms with van der Waals surface area (Å²) in [7, 11) is 2.11. The highest BCUT2D eigenvalue weighted by molar-refractivity contribution is 5.91. The van der Waals surface area contributed by atoms with Crippen molar-refractivity contribution in [1.82, 2.24) is 25.0 Å². The molecule has 2 aliphatic rings. The highest BCUT2D eigenvalue weighted by Crippen LogP contribution is 2.14. The molecule has 1 aromatic carbocycles. The lowest BCUT2D eigenvalue weighted by molar-refractivity contribution is 0.0938. The highest BCUT2D eigenvalue weighted by Gasteiger charge is 2.23. The molecule has 3 heterocycles. The molecular weight excluding hydrogens is 366 g/mol. The van der Waals surface area contributed by atoms with Gasteiger partial charge >= 0.3 is 0 Å². The summed E-state index contributed by atoms with van der Waals surface area (Å²) in [4.78, 5) is 23.9.